The van der Waals surface area contributed by atoms with Crippen LogP contribution < -0.4 is 4.74 Å². The van der Waals surface area contributed by atoms with Crippen molar-refractivity contribution in [1.82, 2.24) is 9.97 Å². The second kappa shape index (κ2) is 6.90. The minimum absolute atomic E-state index is 0.103. The lowest BCUT2D eigenvalue weighted by molar-refractivity contribution is 0.104. The molecule has 0 saturated heterocycles. The molecule has 1 aromatic carbocycles. The van der Waals surface area contributed by atoms with Crippen LogP contribution in [0, 0.1) is 6.92 Å². The van der Waals surface area contributed by atoms with E-state index in [0.29, 0.717) is 17.0 Å². The van der Waals surface area contributed by atoms with Crippen molar-refractivity contribution < 1.29 is 9.53 Å². The molecule has 0 saturated carbocycles. The Hall–Kier alpha value is -3.57. The Morgan fingerprint density at radius 3 is 2.80 bits per heavy atom. The third-order valence-corrected chi connectivity index (χ3v) is 3.85. The van der Waals surface area contributed by atoms with Crippen molar-refractivity contribution in [3.05, 3.63) is 70.0 Å². The van der Waals surface area contributed by atoms with Crippen molar-refractivity contribution in [1.29, 1.82) is 0 Å². The zero-order chi connectivity index (χ0) is 17.8. The summed E-state index contributed by atoms with van der Waals surface area (Å²) in [6.45, 7) is 1.91. The first-order chi connectivity index (χ1) is 12.1. The number of hydrogen-bond acceptors (Lipinski definition) is 4. The second-order valence-corrected chi connectivity index (χ2v) is 5.36. The molecule has 0 aliphatic rings. The van der Waals surface area contributed by atoms with Gasteiger partial charge in [0, 0.05) is 45.0 Å². The Morgan fingerprint density at radius 1 is 1.36 bits per heavy atom. The number of aromatic nitrogens is 2. The molecular formula is C18H15N5O2. The number of pyridine rings is 1. The van der Waals surface area contributed by atoms with Crippen molar-refractivity contribution >= 4 is 28.4 Å². The Labute approximate surface area is 143 Å². The number of ether oxygens (including phenoxy) is 1. The molecule has 124 valence electrons. The van der Waals surface area contributed by atoms with E-state index in [1.165, 1.54) is 13.2 Å². The summed E-state index contributed by atoms with van der Waals surface area (Å²) in [7, 11) is 1.51. The van der Waals surface area contributed by atoms with Gasteiger partial charge in [-0.25, -0.2) is 0 Å². The Bertz CT molecular complexity index is 1010. The summed E-state index contributed by atoms with van der Waals surface area (Å²) in [4.78, 5) is 22.2. The van der Waals surface area contributed by atoms with Crippen LogP contribution in [0.3, 0.4) is 0 Å². The summed E-state index contributed by atoms with van der Waals surface area (Å²) in [5, 5.41) is 4.52. The molecule has 1 N–H and O–H groups in total. The van der Waals surface area contributed by atoms with Gasteiger partial charge >= 0.3 is 0 Å². The van der Waals surface area contributed by atoms with Gasteiger partial charge in [-0.2, -0.15) is 0 Å². The maximum Gasteiger partial charge on any atom is 0.185 e. The highest BCUT2D eigenvalue weighted by molar-refractivity contribution is 6.08. The minimum Gasteiger partial charge on any atom is -0.496 e. The van der Waals surface area contributed by atoms with Crippen LogP contribution in [0.2, 0.25) is 0 Å². The summed E-state index contributed by atoms with van der Waals surface area (Å²) in [5.74, 6) is 0.369. The molecule has 0 radical (unpaired) electrons. The van der Waals surface area contributed by atoms with Crippen molar-refractivity contribution in [3.63, 3.8) is 0 Å². The van der Waals surface area contributed by atoms with Gasteiger partial charge in [0.05, 0.1) is 12.8 Å². The molecule has 3 aromatic rings. The molecule has 2 aromatic heterocycles. The topological polar surface area (TPSA) is 104 Å². The van der Waals surface area contributed by atoms with Crippen LogP contribution in [0.15, 0.2) is 47.8 Å². The van der Waals surface area contributed by atoms with E-state index in [1.807, 2.05) is 6.92 Å². The van der Waals surface area contributed by atoms with Crippen molar-refractivity contribution in [3.8, 4) is 5.75 Å². The van der Waals surface area contributed by atoms with Gasteiger partial charge in [0.1, 0.15) is 5.75 Å². The molecule has 7 heteroatoms. The fourth-order valence-corrected chi connectivity index (χ4v) is 2.64. The number of nitrogens with one attached hydrogen (secondary N) is 1. The van der Waals surface area contributed by atoms with Crippen LogP contribution in [-0.2, 0) is 0 Å². The molecule has 0 atom stereocenters. The third-order valence-electron chi connectivity index (χ3n) is 3.85. The smallest absolute Gasteiger partial charge is 0.185 e. The number of ketones is 1. The number of methoxy groups -OCH3 is 1. The maximum atomic E-state index is 12.2. The second-order valence-electron chi connectivity index (χ2n) is 5.36. The van der Waals surface area contributed by atoms with Crippen LogP contribution in [0.1, 0.15) is 21.6 Å². The summed E-state index contributed by atoms with van der Waals surface area (Å²) in [6, 6.07) is 6.86. The first-order valence-corrected chi connectivity index (χ1v) is 7.52. The van der Waals surface area contributed by atoms with Crippen LogP contribution in [0.5, 0.6) is 5.75 Å². The van der Waals surface area contributed by atoms with Crippen molar-refractivity contribution in [2.45, 2.75) is 6.92 Å². The maximum absolute atomic E-state index is 12.2. The lowest BCUT2D eigenvalue weighted by atomic mass is 10.1. The number of rotatable bonds is 5. The van der Waals surface area contributed by atoms with Crippen molar-refractivity contribution in [2.75, 3.05) is 7.11 Å². The fraction of sp³-hybridized carbons (Fsp3) is 0.111. The van der Waals surface area contributed by atoms with Gasteiger partial charge in [0.2, 0.25) is 0 Å². The predicted octanol–water partition coefficient (Wildman–Crippen LogP) is 4.72. The molecular weight excluding hydrogens is 318 g/mol. The van der Waals surface area contributed by atoms with Gasteiger partial charge in [-0.3, -0.25) is 9.78 Å². The molecule has 0 spiro atoms. The minimum atomic E-state index is -0.103. The molecule has 7 nitrogen and oxygen atoms in total. The highest BCUT2D eigenvalue weighted by Gasteiger charge is 2.11. The summed E-state index contributed by atoms with van der Waals surface area (Å²) >= 11 is 0. The average molecular weight is 333 g/mol. The monoisotopic (exact) mass is 333 g/mol. The summed E-state index contributed by atoms with van der Waals surface area (Å²) < 4.78 is 5.29. The Balaban J connectivity index is 2.04. The van der Waals surface area contributed by atoms with E-state index in [4.69, 9.17) is 10.3 Å². The molecule has 0 aliphatic carbocycles. The molecule has 0 amide bonds. The van der Waals surface area contributed by atoms with Gasteiger partial charge in [0.15, 0.2) is 5.78 Å². The summed E-state index contributed by atoms with van der Waals surface area (Å²) in [6.07, 6.45) is 6.46. The van der Waals surface area contributed by atoms with Gasteiger partial charge < -0.3 is 9.72 Å². The number of H-pyrrole nitrogens is 1. The molecule has 0 aliphatic heterocycles. The number of azide groups is 1. The lowest BCUT2D eigenvalue weighted by Crippen LogP contribution is -1.93. The standard InChI is InChI=1S/C18H15N5O2/c1-11-13(3-4-17(24)12-5-7-20-8-6-12)14-9-18(25-2)16(22-23-19)10-15(14)21-11/h3-10,21H,1-2H3. The van der Waals surface area contributed by atoms with Gasteiger partial charge in [-0.15, -0.1) is 0 Å². The molecule has 0 fully saturated rings. The van der Waals surface area contributed by atoms with E-state index in [0.717, 1.165) is 22.2 Å². The zero-order valence-corrected chi connectivity index (χ0v) is 13.7. The Kier molecular flexibility index (Phi) is 4.50. The number of carbonyl (C=O) groups is 1. The SMILES string of the molecule is COc1cc2c(C=CC(=O)c3ccncc3)c(C)[nH]c2cc1N=[N+]=[N-]. The Morgan fingerprint density at radius 2 is 2.12 bits per heavy atom. The van der Waals surface area contributed by atoms with Crippen molar-refractivity contribution in [2.24, 2.45) is 5.11 Å². The number of aromatic amines is 1. The molecule has 2 heterocycles. The third kappa shape index (κ3) is 3.22. The fourth-order valence-electron chi connectivity index (χ4n) is 2.64. The first kappa shape index (κ1) is 16.3. The van der Waals surface area contributed by atoms with Crippen LogP contribution >= 0.6 is 0 Å². The number of fused-ring (bicyclic) bond motifs is 1. The number of aryl methyl sites for hydroxylation is 1. The molecule has 0 unspecified atom stereocenters. The summed E-state index contributed by atoms with van der Waals surface area (Å²) in [5.41, 5.74) is 12.2. The first-order valence-electron chi connectivity index (χ1n) is 7.52. The van der Waals surface area contributed by atoms with Crippen LogP contribution in [0.25, 0.3) is 27.4 Å². The van der Waals surface area contributed by atoms with Gasteiger partial charge in [0.25, 0.3) is 0 Å². The molecule has 0 bridgehead atoms. The van der Waals surface area contributed by atoms with E-state index in [9.17, 15) is 4.79 Å². The largest absolute Gasteiger partial charge is 0.496 e. The normalized spacial score (nSPS) is 10.8. The van der Waals surface area contributed by atoms with Gasteiger partial charge in [-0.05, 0) is 48.9 Å². The van der Waals surface area contributed by atoms with E-state index in [1.54, 1.807) is 42.7 Å². The number of benzene rings is 1. The molecule has 3 rings (SSSR count). The number of nitrogens with zero attached hydrogens (tertiary/aromatic N) is 4. The number of hydrogen-bond donors (Lipinski definition) is 1. The van der Waals surface area contributed by atoms with Crippen LogP contribution in [0.4, 0.5) is 5.69 Å². The van der Waals surface area contributed by atoms with Gasteiger partial charge in [-0.1, -0.05) is 5.11 Å². The lowest BCUT2D eigenvalue weighted by Gasteiger charge is -2.04. The predicted molar refractivity (Wildman–Crippen MR) is 96.0 cm³/mol. The number of allylic oxidation sites excluding steroid dienone is 1. The highest BCUT2D eigenvalue weighted by atomic mass is 16.5. The van der Waals surface area contributed by atoms with E-state index in [2.05, 4.69) is 20.0 Å². The number of carbonyl (C=O) groups excluding carboxylic acids is 1. The zero-order valence-electron chi connectivity index (χ0n) is 13.7. The quantitative estimate of drug-likeness (QED) is 0.240. The van der Waals surface area contributed by atoms with E-state index < -0.39 is 0 Å². The van der Waals surface area contributed by atoms with E-state index >= 15 is 0 Å². The van der Waals surface area contributed by atoms with Crippen LogP contribution in [-0.4, -0.2) is 22.9 Å². The average Bonchev–Trinajstić information content (AvgIpc) is 2.94. The highest BCUT2D eigenvalue weighted by Crippen LogP contribution is 2.35. The molecule has 25 heavy (non-hydrogen) atoms. The van der Waals surface area contributed by atoms with E-state index in [-0.39, 0.29) is 5.78 Å².